The number of hydrogen-bond acceptors (Lipinski definition) is 3. The van der Waals surface area contributed by atoms with Gasteiger partial charge in [0.1, 0.15) is 5.69 Å². The smallest absolute Gasteiger partial charge is 0.271 e. The number of aromatic nitrogens is 2. The fraction of sp³-hybridized carbons (Fsp3) is 0.600. The maximum absolute atomic E-state index is 11.9. The Labute approximate surface area is 101 Å². The van der Waals surface area contributed by atoms with Crippen molar-refractivity contribution in [2.75, 3.05) is 19.6 Å². The van der Waals surface area contributed by atoms with Crippen molar-refractivity contribution in [3.63, 3.8) is 0 Å². The van der Waals surface area contributed by atoms with E-state index in [1.165, 1.54) is 0 Å². The number of likely N-dealkylation sites (tertiary alicyclic amines) is 1. The van der Waals surface area contributed by atoms with Crippen LogP contribution < -0.4 is 5.73 Å². The topological polar surface area (TPSA) is 75.0 Å². The number of piperidine rings is 1. The van der Waals surface area contributed by atoms with Gasteiger partial charge in [-0.3, -0.25) is 9.89 Å². The predicted octanol–water partition coefficient (Wildman–Crippen LogP) is 0.642. The molecule has 1 aromatic heterocycles. The van der Waals surface area contributed by atoms with Gasteiger partial charge in [-0.25, -0.2) is 0 Å². The van der Waals surface area contributed by atoms with Gasteiger partial charge in [0.2, 0.25) is 0 Å². The van der Waals surface area contributed by atoms with Crippen molar-refractivity contribution >= 4 is 18.3 Å². The van der Waals surface area contributed by atoms with Gasteiger partial charge in [-0.15, -0.1) is 12.4 Å². The largest absolute Gasteiger partial charge is 0.337 e. The molecule has 1 aliphatic rings. The summed E-state index contributed by atoms with van der Waals surface area (Å²) in [6.45, 7) is 2.34. The molecule has 1 aromatic rings. The quantitative estimate of drug-likeness (QED) is 0.802. The Morgan fingerprint density at radius 1 is 1.56 bits per heavy atom. The summed E-state index contributed by atoms with van der Waals surface area (Å²) < 4.78 is 0. The van der Waals surface area contributed by atoms with E-state index in [1.807, 2.05) is 4.90 Å². The maximum atomic E-state index is 11.9. The van der Waals surface area contributed by atoms with Crippen molar-refractivity contribution in [3.8, 4) is 0 Å². The Kier molecular flexibility index (Phi) is 4.76. The molecule has 1 amide bonds. The lowest BCUT2D eigenvalue weighted by Gasteiger charge is -2.30. The third-order valence-corrected chi connectivity index (χ3v) is 2.97. The molecule has 0 saturated carbocycles. The fourth-order valence-corrected chi connectivity index (χ4v) is 1.92. The van der Waals surface area contributed by atoms with Gasteiger partial charge < -0.3 is 10.6 Å². The van der Waals surface area contributed by atoms with Gasteiger partial charge in [-0.2, -0.15) is 5.10 Å². The van der Waals surface area contributed by atoms with E-state index in [2.05, 4.69) is 10.2 Å². The van der Waals surface area contributed by atoms with E-state index in [1.54, 1.807) is 12.3 Å². The van der Waals surface area contributed by atoms with Gasteiger partial charge in [0, 0.05) is 19.3 Å². The van der Waals surface area contributed by atoms with Crippen LogP contribution in [0.15, 0.2) is 12.3 Å². The Hall–Kier alpha value is -1.07. The average Bonchev–Trinajstić information content (AvgIpc) is 2.82. The number of rotatable bonds is 2. The Balaban J connectivity index is 0.00000128. The molecular formula is C10H17ClN4O. The normalized spacial score (nSPS) is 16.9. The Morgan fingerprint density at radius 2 is 2.25 bits per heavy atom. The molecule has 5 nitrogen and oxygen atoms in total. The molecule has 3 N–H and O–H groups in total. The van der Waals surface area contributed by atoms with E-state index in [9.17, 15) is 4.79 Å². The lowest BCUT2D eigenvalue weighted by Crippen LogP contribution is -2.40. The van der Waals surface area contributed by atoms with Crippen LogP contribution in [0.4, 0.5) is 0 Å². The molecule has 0 aliphatic carbocycles. The Bertz CT molecular complexity index is 320. The van der Waals surface area contributed by atoms with Crippen molar-refractivity contribution in [3.05, 3.63) is 18.0 Å². The number of nitrogens with one attached hydrogen (secondary N) is 1. The molecule has 0 atom stereocenters. The van der Waals surface area contributed by atoms with Crippen LogP contribution in [0.5, 0.6) is 0 Å². The van der Waals surface area contributed by atoms with Crippen molar-refractivity contribution in [2.24, 2.45) is 11.7 Å². The minimum atomic E-state index is 0. The molecule has 0 spiro atoms. The molecule has 0 unspecified atom stereocenters. The number of halogens is 1. The molecule has 90 valence electrons. The summed E-state index contributed by atoms with van der Waals surface area (Å²) in [6, 6.07) is 1.71. The van der Waals surface area contributed by atoms with Crippen LogP contribution in [0.3, 0.4) is 0 Å². The van der Waals surface area contributed by atoms with Crippen LogP contribution in [0.2, 0.25) is 0 Å². The van der Waals surface area contributed by atoms with E-state index < -0.39 is 0 Å². The van der Waals surface area contributed by atoms with E-state index >= 15 is 0 Å². The van der Waals surface area contributed by atoms with Crippen LogP contribution in [0, 0.1) is 5.92 Å². The predicted molar refractivity (Wildman–Crippen MR) is 63.5 cm³/mol. The van der Waals surface area contributed by atoms with E-state index in [4.69, 9.17) is 5.73 Å². The monoisotopic (exact) mass is 244 g/mol. The zero-order chi connectivity index (χ0) is 10.7. The fourth-order valence-electron chi connectivity index (χ4n) is 1.92. The SMILES string of the molecule is Cl.NCC1CCN(C(=O)c2ccn[nH]2)CC1. The van der Waals surface area contributed by atoms with Crippen LogP contribution >= 0.6 is 12.4 Å². The maximum Gasteiger partial charge on any atom is 0.271 e. The zero-order valence-electron chi connectivity index (χ0n) is 9.06. The molecule has 0 bridgehead atoms. The standard InChI is InChI=1S/C10H16N4O.ClH/c11-7-8-2-5-14(6-3-8)10(15)9-1-4-12-13-9;/h1,4,8H,2-3,5-7,11H2,(H,12,13);1H. The molecule has 2 heterocycles. The second-order valence-corrected chi connectivity index (χ2v) is 3.94. The molecule has 1 saturated heterocycles. The van der Waals surface area contributed by atoms with Crippen LogP contribution in [-0.2, 0) is 0 Å². The first kappa shape index (κ1) is 13.0. The molecule has 16 heavy (non-hydrogen) atoms. The van der Waals surface area contributed by atoms with Crippen LogP contribution in [0.1, 0.15) is 23.3 Å². The van der Waals surface area contributed by atoms with Crippen molar-refractivity contribution < 1.29 is 4.79 Å². The first-order chi connectivity index (χ1) is 7.31. The Morgan fingerprint density at radius 3 is 2.75 bits per heavy atom. The van der Waals surface area contributed by atoms with Crippen LogP contribution in [0.25, 0.3) is 0 Å². The summed E-state index contributed by atoms with van der Waals surface area (Å²) >= 11 is 0. The van der Waals surface area contributed by atoms with Gasteiger partial charge in [0.15, 0.2) is 0 Å². The number of aromatic amines is 1. The number of nitrogens with two attached hydrogens (primary N) is 1. The summed E-state index contributed by atoms with van der Waals surface area (Å²) in [6.07, 6.45) is 3.62. The number of hydrogen-bond donors (Lipinski definition) is 2. The van der Waals surface area contributed by atoms with Crippen molar-refractivity contribution in [2.45, 2.75) is 12.8 Å². The number of carbonyl (C=O) groups excluding carboxylic acids is 1. The first-order valence-corrected chi connectivity index (χ1v) is 5.30. The third kappa shape index (κ3) is 2.74. The van der Waals surface area contributed by atoms with Crippen LogP contribution in [-0.4, -0.2) is 40.6 Å². The highest BCUT2D eigenvalue weighted by molar-refractivity contribution is 5.92. The summed E-state index contributed by atoms with van der Waals surface area (Å²) in [5.41, 5.74) is 6.17. The average molecular weight is 245 g/mol. The first-order valence-electron chi connectivity index (χ1n) is 5.30. The molecule has 0 aromatic carbocycles. The summed E-state index contributed by atoms with van der Waals surface area (Å²) in [4.78, 5) is 13.7. The van der Waals surface area contributed by atoms with Gasteiger partial charge in [0.25, 0.3) is 5.91 Å². The van der Waals surface area contributed by atoms with Gasteiger partial charge in [0.05, 0.1) is 0 Å². The van der Waals surface area contributed by atoms with E-state index in [-0.39, 0.29) is 18.3 Å². The van der Waals surface area contributed by atoms with Crippen molar-refractivity contribution in [1.29, 1.82) is 0 Å². The number of carbonyl (C=O) groups is 1. The summed E-state index contributed by atoms with van der Waals surface area (Å²) in [7, 11) is 0. The van der Waals surface area contributed by atoms with Gasteiger partial charge >= 0.3 is 0 Å². The third-order valence-electron chi connectivity index (χ3n) is 2.97. The molecule has 0 radical (unpaired) electrons. The number of nitrogens with zero attached hydrogens (tertiary/aromatic N) is 2. The zero-order valence-corrected chi connectivity index (χ0v) is 9.87. The highest BCUT2D eigenvalue weighted by Gasteiger charge is 2.23. The molecule has 1 aliphatic heterocycles. The highest BCUT2D eigenvalue weighted by atomic mass is 35.5. The summed E-state index contributed by atoms with van der Waals surface area (Å²) in [5.74, 6) is 0.624. The second-order valence-electron chi connectivity index (χ2n) is 3.94. The molecule has 6 heteroatoms. The van der Waals surface area contributed by atoms with Crippen molar-refractivity contribution in [1.82, 2.24) is 15.1 Å². The summed E-state index contributed by atoms with van der Waals surface area (Å²) in [5, 5.41) is 6.47. The highest BCUT2D eigenvalue weighted by Crippen LogP contribution is 2.17. The lowest BCUT2D eigenvalue weighted by molar-refractivity contribution is 0.0687. The van der Waals surface area contributed by atoms with E-state index in [0.717, 1.165) is 32.5 Å². The van der Waals surface area contributed by atoms with E-state index in [0.29, 0.717) is 11.6 Å². The minimum absolute atomic E-state index is 0. The molecular weight excluding hydrogens is 228 g/mol. The number of amides is 1. The molecule has 2 rings (SSSR count). The number of H-pyrrole nitrogens is 1. The second kappa shape index (κ2) is 5.86. The minimum Gasteiger partial charge on any atom is -0.337 e. The lowest BCUT2D eigenvalue weighted by atomic mass is 9.97. The van der Waals surface area contributed by atoms with Gasteiger partial charge in [-0.1, -0.05) is 0 Å². The van der Waals surface area contributed by atoms with Gasteiger partial charge in [-0.05, 0) is 31.4 Å². The molecule has 1 fully saturated rings.